The van der Waals surface area contributed by atoms with Crippen LogP contribution in [0.5, 0.6) is 0 Å². The zero-order valence-corrected chi connectivity index (χ0v) is 23.4. The maximum Gasteiger partial charge on any atom is 0.0316 e. The van der Waals surface area contributed by atoms with Gasteiger partial charge in [0, 0.05) is 22.2 Å². The van der Waals surface area contributed by atoms with E-state index in [2.05, 4.69) is 97.1 Å². The minimum atomic E-state index is 0.174. The normalized spacial score (nSPS) is 41.9. The highest BCUT2D eigenvalue weighted by Crippen LogP contribution is 2.85. The van der Waals surface area contributed by atoms with Crippen LogP contribution in [0.15, 0.2) is 103 Å². The van der Waals surface area contributed by atoms with Gasteiger partial charge in [0.1, 0.15) is 0 Å². The van der Waals surface area contributed by atoms with Gasteiger partial charge in [-0.3, -0.25) is 0 Å². The summed E-state index contributed by atoms with van der Waals surface area (Å²) in [5.41, 5.74) is 22.0. The van der Waals surface area contributed by atoms with Gasteiger partial charge in [-0.2, -0.15) is 0 Å². The van der Waals surface area contributed by atoms with Crippen molar-refractivity contribution >= 4 is 11.4 Å². The molecule has 7 saturated carbocycles. The molecule has 4 N–H and O–H groups in total. The number of nitrogen functional groups attached to an aromatic ring is 2. The highest BCUT2D eigenvalue weighted by molar-refractivity contribution is 5.55. The predicted molar refractivity (Wildman–Crippen MR) is 164 cm³/mol. The molecule has 0 spiro atoms. The van der Waals surface area contributed by atoms with Gasteiger partial charge in [-0.1, -0.05) is 72.8 Å². The lowest BCUT2D eigenvalue weighted by Crippen LogP contribution is -2.79. The predicted octanol–water partition coefficient (Wildman–Crippen LogP) is 8.10. The number of hydrogen-bond donors (Lipinski definition) is 2. The van der Waals surface area contributed by atoms with Gasteiger partial charge < -0.3 is 11.5 Å². The van der Waals surface area contributed by atoms with Crippen molar-refractivity contribution in [1.82, 2.24) is 0 Å². The van der Waals surface area contributed by atoms with E-state index in [0.717, 1.165) is 11.4 Å². The first-order valence-electron chi connectivity index (χ1n) is 15.6. The topological polar surface area (TPSA) is 52.0 Å². The Hall–Kier alpha value is -3.26. The average Bonchev–Trinajstić information content (AvgIpc) is 3.00. The van der Waals surface area contributed by atoms with Crippen molar-refractivity contribution in [3.8, 4) is 0 Å². The zero-order chi connectivity index (χ0) is 26.7. The van der Waals surface area contributed by atoms with Crippen molar-refractivity contribution < 1.29 is 0 Å². The summed E-state index contributed by atoms with van der Waals surface area (Å²) in [6.07, 6.45) is 17.8. The van der Waals surface area contributed by atoms with Gasteiger partial charge in [-0.05, 0) is 132 Å². The second-order valence-electron chi connectivity index (χ2n) is 14.5. The van der Waals surface area contributed by atoms with Crippen molar-refractivity contribution in [3.05, 3.63) is 119 Å². The van der Waals surface area contributed by atoms with Gasteiger partial charge in [0.15, 0.2) is 0 Å². The largest absolute Gasteiger partial charge is 0.399 e. The van der Waals surface area contributed by atoms with Crippen molar-refractivity contribution in [3.63, 3.8) is 0 Å². The van der Waals surface area contributed by atoms with Gasteiger partial charge >= 0.3 is 0 Å². The van der Waals surface area contributed by atoms with Crippen molar-refractivity contribution in [1.29, 1.82) is 0 Å². The van der Waals surface area contributed by atoms with Crippen LogP contribution in [0.2, 0.25) is 0 Å². The number of anilines is 2. The molecule has 8 bridgehead atoms. The van der Waals surface area contributed by atoms with Crippen LogP contribution in [-0.2, 0) is 16.2 Å². The lowest BCUT2D eigenvalue weighted by atomic mass is 9.20. The summed E-state index contributed by atoms with van der Waals surface area (Å²) < 4.78 is 0. The summed E-state index contributed by atoms with van der Waals surface area (Å²) in [4.78, 5) is 0. The van der Waals surface area contributed by atoms with Crippen LogP contribution in [0.3, 0.4) is 0 Å². The second-order valence-corrected chi connectivity index (χ2v) is 14.5. The number of allylic oxidation sites excluding steroid dienone is 4. The van der Waals surface area contributed by atoms with Crippen molar-refractivity contribution in [2.75, 3.05) is 11.5 Å². The molecule has 4 unspecified atom stereocenters. The highest BCUT2D eigenvalue weighted by Gasteiger charge is 2.81. The number of rotatable bonds is 4. The SMILES string of the molecule is Nc1cccc(C23CC4C5CC6(C7=CCCC=C7)CC(C(C2)C4(c2ccccc2)C6)C5(c2cccc(N)c2)C3)c1. The van der Waals surface area contributed by atoms with Crippen LogP contribution in [0, 0.1) is 29.1 Å². The zero-order valence-electron chi connectivity index (χ0n) is 23.4. The first kappa shape index (κ1) is 23.4. The molecule has 0 aliphatic heterocycles. The molecule has 0 radical (unpaired) electrons. The Morgan fingerprint density at radius 2 is 1.10 bits per heavy atom. The van der Waals surface area contributed by atoms with Crippen molar-refractivity contribution in [2.24, 2.45) is 29.1 Å². The van der Waals surface area contributed by atoms with Gasteiger partial charge in [0.05, 0.1) is 0 Å². The molecule has 202 valence electrons. The molecule has 0 amide bonds. The van der Waals surface area contributed by atoms with Crippen LogP contribution < -0.4 is 11.5 Å². The summed E-state index contributed by atoms with van der Waals surface area (Å²) in [6, 6.07) is 29.9. The molecule has 3 aromatic carbocycles. The van der Waals surface area contributed by atoms with E-state index in [1.807, 2.05) is 0 Å². The van der Waals surface area contributed by atoms with Crippen LogP contribution in [0.1, 0.15) is 68.1 Å². The fraction of sp³-hybridized carbons (Fsp3) is 0.421. The molecular formula is C38H40N2. The molecule has 11 rings (SSSR count). The Bertz CT molecular complexity index is 1550. The van der Waals surface area contributed by atoms with E-state index in [-0.39, 0.29) is 16.2 Å². The van der Waals surface area contributed by atoms with Crippen LogP contribution in [-0.4, -0.2) is 0 Å². The molecule has 0 heterocycles. The van der Waals surface area contributed by atoms with Gasteiger partial charge in [0.2, 0.25) is 0 Å². The standard InChI is InChI=1S/C38H40N2/c39-29-15-7-13-27(17-29)36-21-31-33-19-35(25-9-3-1-4-10-25)20-34(38(33,24-36)28-14-8-16-30(40)18-28)32(22-36)37(31,23-35)26-11-5-2-6-12-26/h2-3,5-18,31-34H,1,4,19-24,39-40H2. The van der Waals surface area contributed by atoms with Gasteiger partial charge in [0.25, 0.3) is 0 Å². The number of benzene rings is 3. The Labute approximate surface area is 238 Å². The molecule has 3 aromatic rings. The van der Waals surface area contributed by atoms with E-state index in [9.17, 15) is 0 Å². The Kier molecular flexibility index (Phi) is 4.53. The molecular weight excluding hydrogens is 484 g/mol. The van der Waals surface area contributed by atoms with E-state index in [0.29, 0.717) is 29.1 Å². The molecule has 2 heteroatoms. The maximum absolute atomic E-state index is 6.55. The van der Waals surface area contributed by atoms with E-state index < -0.39 is 0 Å². The minimum absolute atomic E-state index is 0.174. The summed E-state index contributed by atoms with van der Waals surface area (Å²) in [5, 5.41) is 0. The third-order valence-corrected chi connectivity index (χ3v) is 13.2. The third-order valence-electron chi connectivity index (χ3n) is 13.2. The Morgan fingerprint density at radius 3 is 1.73 bits per heavy atom. The molecule has 8 aliphatic rings. The smallest absolute Gasteiger partial charge is 0.0316 e. The second kappa shape index (κ2) is 7.72. The van der Waals surface area contributed by atoms with E-state index >= 15 is 0 Å². The highest BCUT2D eigenvalue weighted by atomic mass is 14.8. The molecule has 0 aromatic heterocycles. The Balaban J connectivity index is 1.32. The minimum Gasteiger partial charge on any atom is -0.399 e. The first-order chi connectivity index (χ1) is 19.5. The molecule has 4 atom stereocenters. The Morgan fingerprint density at radius 1 is 0.550 bits per heavy atom. The monoisotopic (exact) mass is 524 g/mol. The maximum atomic E-state index is 6.55. The number of hydrogen-bond acceptors (Lipinski definition) is 2. The van der Waals surface area contributed by atoms with E-state index in [1.54, 1.807) is 11.1 Å². The van der Waals surface area contributed by atoms with Crippen LogP contribution in [0.4, 0.5) is 11.4 Å². The average molecular weight is 525 g/mol. The van der Waals surface area contributed by atoms with Gasteiger partial charge in [-0.15, -0.1) is 0 Å². The fourth-order valence-corrected chi connectivity index (χ4v) is 12.3. The quantitative estimate of drug-likeness (QED) is 0.339. The summed E-state index contributed by atoms with van der Waals surface area (Å²) in [5.74, 6) is 2.68. The molecule has 40 heavy (non-hydrogen) atoms. The molecule has 2 nitrogen and oxygen atoms in total. The molecule has 0 saturated heterocycles. The summed E-state index contributed by atoms with van der Waals surface area (Å²) in [7, 11) is 0. The lowest BCUT2D eigenvalue weighted by Gasteiger charge is -2.83. The summed E-state index contributed by atoms with van der Waals surface area (Å²) in [6.45, 7) is 0. The molecule has 8 aliphatic carbocycles. The fourth-order valence-electron chi connectivity index (χ4n) is 12.3. The van der Waals surface area contributed by atoms with Crippen molar-refractivity contribution in [2.45, 2.75) is 67.6 Å². The van der Waals surface area contributed by atoms with E-state index in [1.165, 1.54) is 62.5 Å². The van der Waals surface area contributed by atoms with E-state index in [4.69, 9.17) is 11.5 Å². The van der Waals surface area contributed by atoms with Crippen LogP contribution in [0.25, 0.3) is 0 Å². The first-order valence-corrected chi connectivity index (χ1v) is 15.6. The number of nitrogens with two attached hydrogens (primary N) is 2. The lowest BCUT2D eigenvalue weighted by molar-refractivity contribution is -0.262. The third kappa shape index (κ3) is 2.71. The summed E-state index contributed by atoms with van der Waals surface area (Å²) >= 11 is 0. The molecule has 7 fully saturated rings. The van der Waals surface area contributed by atoms with Gasteiger partial charge in [-0.25, -0.2) is 0 Å². The van der Waals surface area contributed by atoms with Crippen LogP contribution >= 0.6 is 0 Å².